The SMILES string of the molecule is O=C(Nc1ccc(OC(F)=C(F)C(F)(F)C(F)(F)C(F)(F)C(F)(F)F)cc1NC(=O)Oc1ccccc1)Oc1ccccc1. The molecule has 2 amide bonds. The maximum Gasteiger partial charge on any atom is 0.460 e. The van der Waals surface area contributed by atoms with E-state index in [2.05, 4.69) is 10.1 Å². The minimum atomic E-state index is -7.51. The van der Waals surface area contributed by atoms with Crippen LogP contribution in [0.1, 0.15) is 0 Å². The van der Waals surface area contributed by atoms with Crippen LogP contribution in [0.4, 0.5) is 69.3 Å². The van der Waals surface area contributed by atoms with Gasteiger partial charge in [0.25, 0.3) is 0 Å². The molecule has 0 atom stereocenters. The second kappa shape index (κ2) is 12.7. The van der Waals surface area contributed by atoms with Gasteiger partial charge in [-0.2, -0.15) is 48.3 Å². The lowest BCUT2D eigenvalue weighted by molar-refractivity contribution is -0.392. The number of hydrogen-bond donors (Lipinski definition) is 2. The van der Waals surface area contributed by atoms with Gasteiger partial charge in [-0.05, 0) is 36.4 Å². The van der Waals surface area contributed by atoms with E-state index in [1.54, 1.807) is 12.1 Å². The van der Waals surface area contributed by atoms with E-state index in [0.717, 1.165) is 6.07 Å². The summed E-state index contributed by atoms with van der Waals surface area (Å²) in [6.45, 7) is 0. The minimum Gasteiger partial charge on any atom is -0.430 e. The Balaban J connectivity index is 1.92. The molecule has 0 saturated carbocycles. The normalized spacial score (nSPS) is 13.0. The molecule has 0 saturated heterocycles. The zero-order valence-corrected chi connectivity index (χ0v) is 21.2. The first-order valence-electron chi connectivity index (χ1n) is 11.5. The Labute approximate surface area is 238 Å². The molecular weight excluding hydrogens is 629 g/mol. The molecule has 0 aliphatic carbocycles. The van der Waals surface area contributed by atoms with Crippen LogP contribution >= 0.6 is 0 Å². The zero-order chi connectivity index (χ0) is 32.9. The van der Waals surface area contributed by atoms with Crippen molar-refractivity contribution in [2.45, 2.75) is 23.9 Å². The molecule has 0 heterocycles. The molecule has 0 radical (unpaired) electrons. The molecule has 7 nitrogen and oxygen atoms in total. The molecule has 0 bridgehead atoms. The zero-order valence-electron chi connectivity index (χ0n) is 21.2. The van der Waals surface area contributed by atoms with Crippen molar-refractivity contribution in [2.24, 2.45) is 0 Å². The maximum atomic E-state index is 14.2. The number of anilines is 2. The van der Waals surface area contributed by atoms with Crippen LogP contribution in [0.5, 0.6) is 17.2 Å². The molecule has 236 valence electrons. The van der Waals surface area contributed by atoms with Crippen molar-refractivity contribution < 1.29 is 72.1 Å². The molecule has 2 N–H and O–H groups in total. The van der Waals surface area contributed by atoms with Crippen LogP contribution in [0.2, 0.25) is 0 Å². The summed E-state index contributed by atoms with van der Waals surface area (Å²) >= 11 is 0. The summed E-state index contributed by atoms with van der Waals surface area (Å²) in [6.07, 6.45) is -9.76. The number of carbonyl (C=O) groups excluding carboxylic acids is 2. The third-order valence-electron chi connectivity index (χ3n) is 5.17. The third-order valence-corrected chi connectivity index (χ3v) is 5.17. The molecule has 44 heavy (non-hydrogen) atoms. The van der Waals surface area contributed by atoms with Gasteiger partial charge in [0.1, 0.15) is 17.2 Å². The molecule has 0 spiro atoms. The van der Waals surface area contributed by atoms with Gasteiger partial charge in [-0.3, -0.25) is 10.6 Å². The number of hydrogen-bond acceptors (Lipinski definition) is 5. The first-order chi connectivity index (χ1) is 20.4. The molecular formula is C26H15F11N2O5. The standard InChI is InChI=1S/C26H15F11N2O5/c27-19(23(29,30)24(31,32)25(33,34)26(35,36)37)20(28)42-16-11-12-17(38-21(40)43-14-7-3-1-4-8-14)18(13-16)39-22(41)44-15-9-5-2-6-10-15/h1-13H,(H,38,40)(H,39,41). The third kappa shape index (κ3) is 7.30. The van der Waals surface area contributed by atoms with Gasteiger partial charge in [-0.25, -0.2) is 9.59 Å². The molecule has 3 aromatic carbocycles. The van der Waals surface area contributed by atoms with E-state index in [9.17, 15) is 57.9 Å². The highest BCUT2D eigenvalue weighted by Crippen LogP contribution is 2.55. The van der Waals surface area contributed by atoms with E-state index in [1.165, 1.54) is 48.5 Å². The van der Waals surface area contributed by atoms with E-state index >= 15 is 0 Å². The summed E-state index contributed by atoms with van der Waals surface area (Å²) in [5.74, 6) is -27.3. The van der Waals surface area contributed by atoms with E-state index in [-0.39, 0.29) is 11.5 Å². The predicted molar refractivity (Wildman–Crippen MR) is 129 cm³/mol. The summed E-state index contributed by atoms with van der Waals surface area (Å²) < 4.78 is 160. The summed E-state index contributed by atoms with van der Waals surface area (Å²) in [6, 6.07) is 13.0. The molecule has 3 rings (SSSR count). The second-order valence-electron chi connectivity index (χ2n) is 8.27. The first-order valence-corrected chi connectivity index (χ1v) is 11.5. The fraction of sp³-hybridized carbons (Fsp3) is 0.154. The van der Waals surface area contributed by atoms with Crippen LogP contribution in [0, 0.1) is 0 Å². The van der Waals surface area contributed by atoms with Gasteiger partial charge in [-0.1, -0.05) is 36.4 Å². The number of amides is 2. The maximum absolute atomic E-state index is 14.2. The second-order valence-corrected chi connectivity index (χ2v) is 8.27. The number of nitrogens with one attached hydrogen (secondary N) is 2. The number of carbonyl (C=O) groups is 2. The van der Waals surface area contributed by atoms with E-state index in [4.69, 9.17) is 9.47 Å². The van der Waals surface area contributed by atoms with Crippen molar-refractivity contribution in [3.8, 4) is 17.2 Å². The van der Waals surface area contributed by atoms with E-state index in [0.29, 0.717) is 12.1 Å². The Morgan fingerprint density at radius 1 is 0.545 bits per heavy atom. The number of para-hydroxylation sites is 2. The van der Waals surface area contributed by atoms with Gasteiger partial charge in [0.15, 0.2) is 0 Å². The van der Waals surface area contributed by atoms with Gasteiger partial charge in [0, 0.05) is 6.07 Å². The lowest BCUT2D eigenvalue weighted by Gasteiger charge is -2.32. The van der Waals surface area contributed by atoms with Crippen LogP contribution in [0.25, 0.3) is 0 Å². The van der Waals surface area contributed by atoms with Crippen molar-refractivity contribution in [2.75, 3.05) is 10.6 Å². The molecule has 0 unspecified atom stereocenters. The van der Waals surface area contributed by atoms with Crippen LogP contribution in [-0.2, 0) is 0 Å². The van der Waals surface area contributed by atoms with Crippen molar-refractivity contribution in [1.82, 2.24) is 0 Å². The summed E-state index contributed by atoms with van der Waals surface area (Å²) in [5, 5.41) is 4.16. The molecule has 18 heteroatoms. The van der Waals surface area contributed by atoms with Crippen molar-refractivity contribution in [3.63, 3.8) is 0 Å². The number of halogens is 11. The first kappa shape index (κ1) is 33.5. The number of rotatable bonds is 9. The van der Waals surface area contributed by atoms with Crippen LogP contribution < -0.4 is 24.8 Å². The Morgan fingerprint density at radius 2 is 1.00 bits per heavy atom. The van der Waals surface area contributed by atoms with Gasteiger partial charge in [0.2, 0.25) is 5.83 Å². The monoisotopic (exact) mass is 644 g/mol. The van der Waals surface area contributed by atoms with Crippen LogP contribution in [-0.4, -0.2) is 36.1 Å². The quantitative estimate of drug-likeness (QED) is 0.180. The highest BCUT2D eigenvalue weighted by atomic mass is 19.4. The lowest BCUT2D eigenvalue weighted by atomic mass is 10.0. The highest BCUT2D eigenvalue weighted by molar-refractivity contribution is 5.96. The van der Waals surface area contributed by atoms with Crippen LogP contribution in [0.15, 0.2) is 90.7 Å². The largest absolute Gasteiger partial charge is 0.460 e. The molecule has 0 aliphatic heterocycles. The fourth-order valence-corrected chi connectivity index (χ4v) is 3.05. The Hall–Kier alpha value is -5.03. The van der Waals surface area contributed by atoms with Gasteiger partial charge in [0.05, 0.1) is 11.4 Å². The van der Waals surface area contributed by atoms with Crippen molar-refractivity contribution in [3.05, 3.63) is 90.7 Å². The Bertz CT molecular complexity index is 1520. The Morgan fingerprint density at radius 3 is 1.45 bits per heavy atom. The van der Waals surface area contributed by atoms with Gasteiger partial charge in [-0.15, -0.1) is 0 Å². The number of ether oxygens (including phenoxy) is 3. The topological polar surface area (TPSA) is 85.9 Å². The average Bonchev–Trinajstić information content (AvgIpc) is 2.94. The Kier molecular flexibility index (Phi) is 9.65. The lowest BCUT2D eigenvalue weighted by Crippen LogP contribution is -2.61. The summed E-state index contributed by atoms with van der Waals surface area (Å²) in [4.78, 5) is 24.7. The van der Waals surface area contributed by atoms with E-state index in [1.807, 2.05) is 5.32 Å². The summed E-state index contributed by atoms with van der Waals surface area (Å²) in [5.41, 5.74) is -1.00. The number of benzene rings is 3. The predicted octanol–water partition coefficient (Wildman–Crippen LogP) is 8.86. The molecule has 0 aliphatic rings. The number of alkyl halides is 9. The molecule has 0 aromatic heterocycles. The summed E-state index contributed by atoms with van der Waals surface area (Å²) in [7, 11) is 0. The smallest absolute Gasteiger partial charge is 0.430 e. The van der Waals surface area contributed by atoms with Crippen molar-refractivity contribution >= 4 is 23.6 Å². The fourth-order valence-electron chi connectivity index (χ4n) is 3.05. The minimum absolute atomic E-state index is 0.0229. The van der Waals surface area contributed by atoms with Crippen molar-refractivity contribution in [1.29, 1.82) is 0 Å². The van der Waals surface area contributed by atoms with Crippen LogP contribution in [0.3, 0.4) is 0 Å². The van der Waals surface area contributed by atoms with Gasteiger partial charge >= 0.3 is 42.1 Å². The molecule has 3 aromatic rings. The number of allylic oxidation sites excluding steroid dienone is 1. The highest BCUT2D eigenvalue weighted by Gasteiger charge is 2.83. The molecule has 0 fully saturated rings. The van der Waals surface area contributed by atoms with E-state index < -0.39 is 65.1 Å². The van der Waals surface area contributed by atoms with Gasteiger partial charge < -0.3 is 14.2 Å². The average molecular weight is 644 g/mol.